The summed E-state index contributed by atoms with van der Waals surface area (Å²) in [6.45, 7) is 1.40. The third kappa shape index (κ3) is 2.40. The number of nitrogens with zero attached hydrogens (tertiary/aromatic N) is 2. The molecule has 2 fully saturated rings. The highest BCUT2D eigenvalue weighted by atomic mass is 19.1. The average Bonchev–Trinajstić information content (AvgIpc) is 2.93. The van der Waals surface area contributed by atoms with E-state index >= 15 is 0 Å². The quantitative estimate of drug-likeness (QED) is 0.832. The zero-order chi connectivity index (χ0) is 14.1. The summed E-state index contributed by atoms with van der Waals surface area (Å²) in [5.74, 6) is -0.157. The molecule has 0 N–H and O–H groups in total. The van der Waals surface area contributed by atoms with Crippen LogP contribution < -0.4 is 0 Å². The van der Waals surface area contributed by atoms with Crippen molar-refractivity contribution in [1.29, 1.82) is 0 Å². The summed E-state index contributed by atoms with van der Waals surface area (Å²) in [5, 5.41) is 0. The van der Waals surface area contributed by atoms with Crippen LogP contribution in [-0.4, -0.2) is 47.3 Å². The Morgan fingerprint density at radius 3 is 2.70 bits per heavy atom. The first-order valence-corrected chi connectivity index (χ1v) is 6.98. The SMILES string of the molecule is O=C1C2CCCN2C(=O)CN1CCc1ccc(F)cc1. The van der Waals surface area contributed by atoms with Gasteiger partial charge in [-0.15, -0.1) is 0 Å². The highest BCUT2D eigenvalue weighted by Gasteiger charge is 2.41. The first-order valence-electron chi connectivity index (χ1n) is 6.98. The molecule has 3 rings (SSSR count). The van der Waals surface area contributed by atoms with Crippen LogP contribution >= 0.6 is 0 Å². The Morgan fingerprint density at radius 2 is 1.95 bits per heavy atom. The van der Waals surface area contributed by atoms with E-state index in [2.05, 4.69) is 0 Å². The minimum Gasteiger partial charge on any atom is -0.331 e. The van der Waals surface area contributed by atoms with E-state index in [0.717, 1.165) is 18.4 Å². The zero-order valence-electron chi connectivity index (χ0n) is 11.2. The molecule has 1 unspecified atom stereocenters. The number of carbonyl (C=O) groups excluding carboxylic acids is 2. The first-order chi connectivity index (χ1) is 9.65. The molecular formula is C15H17FN2O2. The third-order valence-corrected chi connectivity index (χ3v) is 4.08. The van der Waals surface area contributed by atoms with Crippen molar-refractivity contribution < 1.29 is 14.0 Å². The topological polar surface area (TPSA) is 40.6 Å². The zero-order valence-corrected chi connectivity index (χ0v) is 11.2. The van der Waals surface area contributed by atoms with E-state index in [1.807, 2.05) is 0 Å². The van der Waals surface area contributed by atoms with Crippen LogP contribution in [0.5, 0.6) is 0 Å². The highest BCUT2D eigenvalue weighted by molar-refractivity contribution is 5.95. The number of halogens is 1. The van der Waals surface area contributed by atoms with Crippen LogP contribution in [0.2, 0.25) is 0 Å². The number of benzene rings is 1. The molecule has 0 bridgehead atoms. The maximum absolute atomic E-state index is 12.8. The molecule has 0 saturated carbocycles. The molecule has 5 heteroatoms. The van der Waals surface area contributed by atoms with E-state index in [4.69, 9.17) is 0 Å². The van der Waals surface area contributed by atoms with Gasteiger partial charge in [-0.1, -0.05) is 12.1 Å². The van der Waals surface area contributed by atoms with Crippen molar-refractivity contribution in [2.45, 2.75) is 25.3 Å². The second kappa shape index (κ2) is 5.23. The summed E-state index contributed by atoms with van der Waals surface area (Å²) in [6, 6.07) is 6.01. The normalized spacial score (nSPS) is 22.4. The highest BCUT2D eigenvalue weighted by Crippen LogP contribution is 2.23. The summed E-state index contributed by atoms with van der Waals surface area (Å²) in [5.41, 5.74) is 0.973. The van der Waals surface area contributed by atoms with E-state index in [9.17, 15) is 14.0 Å². The van der Waals surface area contributed by atoms with Crippen molar-refractivity contribution in [2.75, 3.05) is 19.6 Å². The fourth-order valence-corrected chi connectivity index (χ4v) is 2.97. The Morgan fingerprint density at radius 1 is 1.20 bits per heavy atom. The van der Waals surface area contributed by atoms with Crippen molar-refractivity contribution in [1.82, 2.24) is 9.80 Å². The van der Waals surface area contributed by atoms with Crippen LogP contribution in [-0.2, 0) is 16.0 Å². The van der Waals surface area contributed by atoms with Gasteiger partial charge in [0.25, 0.3) is 0 Å². The summed E-state index contributed by atoms with van der Waals surface area (Å²) in [7, 11) is 0. The number of hydrogen-bond donors (Lipinski definition) is 0. The first kappa shape index (κ1) is 13.1. The van der Waals surface area contributed by atoms with E-state index in [1.54, 1.807) is 21.9 Å². The second-order valence-corrected chi connectivity index (χ2v) is 5.38. The van der Waals surface area contributed by atoms with Crippen LogP contribution in [0.4, 0.5) is 4.39 Å². The molecule has 0 aromatic heterocycles. The Bertz CT molecular complexity index is 529. The standard InChI is InChI=1S/C15H17FN2O2/c16-12-5-3-11(4-6-12)7-9-17-10-14(19)18-8-1-2-13(18)15(17)20/h3-6,13H,1-2,7-10H2. The van der Waals surface area contributed by atoms with Crippen LogP contribution in [0.15, 0.2) is 24.3 Å². The number of carbonyl (C=O) groups is 2. The van der Waals surface area contributed by atoms with Gasteiger partial charge in [0.1, 0.15) is 11.9 Å². The van der Waals surface area contributed by atoms with Gasteiger partial charge in [0.15, 0.2) is 0 Å². The Kier molecular flexibility index (Phi) is 3.42. The van der Waals surface area contributed by atoms with Crippen LogP contribution in [0.1, 0.15) is 18.4 Å². The fourth-order valence-electron chi connectivity index (χ4n) is 2.97. The minimum absolute atomic E-state index is 0.0474. The number of fused-ring (bicyclic) bond motifs is 1. The number of amides is 2. The molecule has 1 aromatic rings. The smallest absolute Gasteiger partial charge is 0.245 e. The van der Waals surface area contributed by atoms with Crippen molar-refractivity contribution >= 4 is 11.8 Å². The van der Waals surface area contributed by atoms with Crippen LogP contribution in [0.3, 0.4) is 0 Å². The van der Waals surface area contributed by atoms with Crippen molar-refractivity contribution in [3.05, 3.63) is 35.6 Å². The number of piperazine rings is 1. The molecule has 0 spiro atoms. The second-order valence-electron chi connectivity index (χ2n) is 5.38. The van der Waals surface area contributed by atoms with Gasteiger partial charge in [-0.25, -0.2) is 4.39 Å². The molecule has 2 aliphatic rings. The molecule has 20 heavy (non-hydrogen) atoms. The van der Waals surface area contributed by atoms with Gasteiger partial charge >= 0.3 is 0 Å². The van der Waals surface area contributed by atoms with Gasteiger partial charge in [0.05, 0.1) is 6.54 Å². The molecule has 1 atom stereocenters. The largest absolute Gasteiger partial charge is 0.331 e. The Labute approximate surface area is 117 Å². The lowest BCUT2D eigenvalue weighted by Crippen LogP contribution is -2.57. The maximum Gasteiger partial charge on any atom is 0.245 e. The summed E-state index contributed by atoms with van der Waals surface area (Å²) < 4.78 is 12.8. The lowest BCUT2D eigenvalue weighted by Gasteiger charge is -2.36. The number of rotatable bonds is 3. The third-order valence-electron chi connectivity index (χ3n) is 4.08. The summed E-state index contributed by atoms with van der Waals surface area (Å²) in [4.78, 5) is 27.6. The van der Waals surface area contributed by atoms with Gasteiger partial charge in [-0.2, -0.15) is 0 Å². The molecule has 2 amide bonds. The summed E-state index contributed by atoms with van der Waals surface area (Å²) >= 11 is 0. The Hall–Kier alpha value is -1.91. The monoisotopic (exact) mass is 276 g/mol. The van der Waals surface area contributed by atoms with Crippen molar-refractivity contribution in [3.8, 4) is 0 Å². The molecule has 1 aromatic carbocycles. The minimum atomic E-state index is -0.264. The van der Waals surface area contributed by atoms with Gasteiger partial charge < -0.3 is 9.80 Å². The van der Waals surface area contributed by atoms with Gasteiger partial charge in [0.2, 0.25) is 11.8 Å². The predicted molar refractivity (Wildman–Crippen MR) is 71.4 cm³/mol. The summed E-state index contributed by atoms with van der Waals surface area (Å²) in [6.07, 6.45) is 2.33. The van der Waals surface area contributed by atoms with E-state index < -0.39 is 0 Å². The average molecular weight is 276 g/mol. The van der Waals surface area contributed by atoms with E-state index in [-0.39, 0.29) is 30.2 Å². The van der Waals surface area contributed by atoms with Crippen molar-refractivity contribution in [2.24, 2.45) is 0 Å². The van der Waals surface area contributed by atoms with Crippen LogP contribution in [0.25, 0.3) is 0 Å². The lowest BCUT2D eigenvalue weighted by atomic mass is 10.1. The lowest BCUT2D eigenvalue weighted by molar-refractivity contribution is -0.153. The molecule has 0 radical (unpaired) electrons. The molecule has 0 aliphatic carbocycles. The molecule has 106 valence electrons. The molecule has 2 aliphatic heterocycles. The number of hydrogen-bond acceptors (Lipinski definition) is 2. The fraction of sp³-hybridized carbons (Fsp3) is 0.467. The molecule has 2 saturated heterocycles. The molecular weight excluding hydrogens is 259 g/mol. The van der Waals surface area contributed by atoms with Gasteiger partial charge in [-0.05, 0) is 37.0 Å². The van der Waals surface area contributed by atoms with E-state index in [1.165, 1.54) is 12.1 Å². The maximum atomic E-state index is 12.8. The Balaban J connectivity index is 1.64. The van der Waals surface area contributed by atoms with E-state index in [0.29, 0.717) is 19.5 Å². The van der Waals surface area contributed by atoms with Gasteiger partial charge in [-0.3, -0.25) is 9.59 Å². The van der Waals surface area contributed by atoms with Crippen LogP contribution in [0, 0.1) is 5.82 Å². The predicted octanol–water partition coefficient (Wildman–Crippen LogP) is 1.20. The molecule has 4 nitrogen and oxygen atoms in total. The van der Waals surface area contributed by atoms with Crippen molar-refractivity contribution in [3.63, 3.8) is 0 Å². The molecule has 2 heterocycles. The van der Waals surface area contributed by atoms with Gasteiger partial charge in [0, 0.05) is 13.1 Å².